The topological polar surface area (TPSA) is 111 Å². The van der Waals surface area contributed by atoms with Crippen molar-refractivity contribution >= 4 is 22.3 Å². The van der Waals surface area contributed by atoms with Gasteiger partial charge in [0.2, 0.25) is 0 Å². The van der Waals surface area contributed by atoms with E-state index in [0.717, 1.165) is 53.8 Å². The fourth-order valence-corrected chi connectivity index (χ4v) is 4.01. The summed E-state index contributed by atoms with van der Waals surface area (Å²) in [5.74, 6) is 0.520. The zero-order valence-electron chi connectivity index (χ0n) is 18.3. The first kappa shape index (κ1) is 21.8. The van der Waals surface area contributed by atoms with Crippen LogP contribution in [0.4, 0.5) is 5.69 Å². The summed E-state index contributed by atoms with van der Waals surface area (Å²) in [5, 5.41) is 9.45. The third kappa shape index (κ3) is 4.44. The van der Waals surface area contributed by atoms with E-state index in [0.29, 0.717) is 17.0 Å². The normalized spacial score (nSPS) is 16.0. The van der Waals surface area contributed by atoms with Crippen molar-refractivity contribution in [3.05, 3.63) is 76.8 Å². The van der Waals surface area contributed by atoms with E-state index in [1.54, 1.807) is 12.3 Å². The number of nitrogens with zero attached hydrogens (tertiary/aromatic N) is 2. The van der Waals surface area contributed by atoms with E-state index in [4.69, 9.17) is 5.73 Å². The highest BCUT2D eigenvalue weighted by Crippen LogP contribution is 2.26. The van der Waals surface area contributed by atoms with Gasteiger partial charge in [0, 0.05) is 31.0 Å². The van der Waals surface area contributed by atoms with Crippen molar-refractivity contribution in [2.75, 3.05) is 24.6 Å². The summed E-state index contributed by atoms with van der Waals surface area (Å²) in [4.78, 5) is 25.7. The smallest absolute Gasteiger partial charge is 0.259 e. The molecule has 7 heteroatoms. The molecule has 4 rings (SSSR count). The summed E-state index contributed by atoms with van der Waals surface area (Å²) in [6.45, 7) is 7.41. The average Bonchev–Trinajstić information content (AvgIpc) is 3.24. The van der Waals surface area contributed by atoms with Crippen molar-refractivity contribution < 1.29 is 5.11 Å². The SMILES string of the molecule is C=C/C(=C\C(=C/C)c1c[nH]c(=O)c(-c2nc3ccc(N4CCC(N)CC4)cc3[nH]2)c1)CO. The van der Waals surface area contributed by atoms with Gasteiger partial charge in [-0.2, -0.15) is 0 Å². The van der Waals surface area contributed by atoms with Gasteiger partial charge in [-0.05, 0) is 66.8 Å². The number of anilines is 1. The molecule has 0 atom stereocenters. The second-order valence-electron chi connectivity index (χ2n) is 8.07. The van der Waals surface area contributed by atoms with Gasteiger partial charge in [0.25, 0.3) is 5.56 Å². The number of aromatic nitrogens is 3. The lowest BCUT2D eigenvalue weighted by atomic mass is 10.0. The van der Waals surface area contributed by atoms with Gasteiger partial charge in [-0.25, -0.2) is 4.98 Å². The van der Waals surface area contributed by atoms with Crippen LogP contribution in [0.1, 0.15) is 25.3 Å². The lowest BCUT2D eigenvalue weighted by molar-refractivity contribution is 0.335. The average molecular weight is 432 g/mol. The number of piperidine rings is 1. The maximum Gasteiger partial charge on any atom is 0.259 e. The Balaban J connectivity index is 1.69. The molecule has 3 heterocycles. The molecule has 0 bridgehead atoms. The number of hydrogen-bond acceptors (Lipinski definition) is 5. The van der Waals surface area contributed by atoms with Crippen molar-refractivity contribution in [2.24, 2.45) is 5.73 Å². The van der Waals surface area contributed by atoms with Crippen LogP contribution in [0.15, 0.2) is 65.6 Å². The quantitative estimate of drug-likeness (QED) is 0.447. The number of pyridine rings is 1. The maximum atomic E-state index is 12.6. The molecule has 0 unspecified atom stereocenters. The number of rotatable bonds is 6. The largest absolute Gasteiger partial charge is 0.392 e. The standard InChI is InChI=1S/C25H29N5O2/c1-3-16(15-31)11-17(4-2)18-12-21(25(32)27-14-18)24-28-22-6-5-20(13-23(22)29-24)30-9-7-19(26)8-10-30/h3-6,11-14,19,31H,1,7-10,15,26H2,2H3,(H,27,32)(H,28,29)/b16-11+,17-4+. The first-order chi connectivity index (χ1) is 15.5. The molecule has 1 aliphatic rings. The molecule has 1 saturated heterocycles. The first-order valence-corrected chi connectivity index (χ1v) is 10.9. The minimum Gasteiger partial charge on any atom is -0.392 e. The van der Waals surface area contributed by atoms with Crippen molar-refractivity contribution in [1.82, 2.24) is 15.0 Å². The van der Waals surface area contributed by atoms with E-state index < -0.39 is 0 Å². The number of fused-ring (bicyclic) bond motifs is 1. The molecule has 0 amide bonds. The van der Waals surface area contributed by atoms with E-state index in [1.807, 2.05) is 31.2 Å². The summed E-state index contributed by atoms with van der Waals surface area (Å²) in [5.41, 5.74) is 11.5. The highest BCUT2D eigenvalue weighted by molar-refractivity contribution is 5.84. The summed E-state index contributed by atoms with van der Waals surface area (Å²) in [6.07, 6.45) is 9.02. The number of aromatic amines is 2. The molecule has 5 N–H and O–H groups in total. The Kier molecular flexibility index (Phi) is 6.39. The molecule has 166 valence electrons. The van der Waals surface area contributed by atoms with Gasteiger partial charge in [0.1, 0.15) is 5.82 Å². The fraction of sp³-hybridized carbons (Fsp3) is 0.280. The summed E-state index contributed by atoms with van der Waals surface area (Å²) < 4.78 is 0. The number of nitrogens with two attached hydrogens (primary N) is 1. The van der Waals surface area contributed by atoms with E-state index in [9.17, 15) is 9.90 Å². The Morgan fingerprint density at radius 3 is 2.81 bits per heavy atom. The first-order valence-electron chi connectivity index (χ1n) is 10.9. The van der Waals surface area contributed by atoms with E-state index >= 15 is 0 Å². The van der Waals surface area contributed by atoms with Crippen LogP contribution in [0.25, 0.3) is 28.0 Å². The molecular formula is C25H29N5O2. The molecule has 0 aliphatic carbocycles. The van der Waals surface area contributed by atoms with Crippen LogP contribution in [-0.2, 0) is 0 Å². The second-order valence-corrected chi connectivity index (χ2v) is 8.07. The zero-order valence-corrected chi connectivity index (χ0v) is 18.3. The van der Waals surface area contributed by atoms with Gasteiger partial charge in [0.05, 0.1) is 23.2 Å². The molecule has 1 aliphatic heterocycles. The molecule has 0 spiro atoms. The molecule has 0 radical (unpaired) electrons. The molecule has 7 nitrogen and oxygen atoms in total. The third-order valence-electron chi connectivity index (χ3n) is 5.96. The second kappa shape index (κ2) is 9.38. The Morgan fingerprint density at radius 2 is 2.12 bits per heavy atom. The Bertz CT molecular complexity index is 1240. The fourth-order valence-electron chi connectivity index (χ4n) is 4.01. The summed E-state index contributed by atoms with van der Waals surface area (Å²) in [7, 11) is 0. The molecule has 0 saturated carbocycles. The number of benzene rings is 1. The predicted octanol–water partition coefficient (Wildman–Crippen LogP) is 3.35. The highest BCUT2D eigenvalue weighted by atomic mass is 16.3. The summed E-state index contributed by atoms with van der Waals surface area (Å²) in [6, 6.07) is 8.23. The lowest BCUT2D eigenvalue weighted by Crippen LogP contribution is -2.39. The van der Waals surface area contributed by atoms with Crippen molar-refractivity contribution in [1.29, 1.82) is 0 Å². The predicted molar refractivity (Wildman–Crippen MR) is 131 cm³/mol. The Hall–Kier alpha value is -3.42. The van der Waals surface area contributed by atoms with Crippen LogP contribution in [0, 0.1) is 0 Å². The van der Waals surface area contributed by atoms with Crippen LogP contribution < -0.4 is 16.2 Å². The molecule has 3 aromatic rings. The van der Waals surface area contributed by atoms with Crippen LogP contribution in [0.3, 0.4) is 0 Å². The third-order valence-corrected chi connectivity index (χ3v) is 5.96. The molecular weight excluding hydrogens is 402 g/mol. The number of imidazole rings is 1. The van der Waals surface area contributed by atoms with Crippen LogP contribution >= 0.6 is 0 Å². The highest BCUT2D eigenvalue weighted by Gasteiger charge is 2.18. The molecule has 1 aromatic carbocycles. The molecule has 2 aromatic heterocycles. The van der Waals surface area contributed by atoms with Gasteiger partial charge in [0.15, 0.2) is 0 Å². The van der Waals surface area contributed by atoms with Gasteiger partial charge in [-0.15, -0.1) is 0 Å². The minimum atomic E-state index is -0.219. The number of aliphatic hydroxyl groups is 1. The monoisotopic (exact) mass is 431 g/mol. The van der Waals surface area contributed by atoms with Crippen LogP contribution in [0.5, 0.6) is 0 Å². The van der Waals surface area contributed by atoms with E-state index in [2.05, 4.69) is 38.6 Å². The number of nitrogens with one attached hydrogen (secondary N) is 2. The minimum absolute atomic E-state index is 0.105. The zero-order chi connectivity index (χ0) is 22.7. The van der Waals surface area contributed by atoms with Crippen molar-refractivity contribution in [3.63, 3.8) is 0 Å². The van der Waals surface area contributed by atoms with Crippen molar-refractivity contribution in [3.8, 4) is 11.4 Å². The summed E-state index contributed by atoms with van der Waals surface area (Å²) >= 11 is 0. The lowest BCUT2D eigenvalue weighted by Gasteiger charge is -2.31. The number of aliphatic hydroxyl groups excluding tert-OH is 1. The Morgan fingerprint density at radius 1 is 1.34 bits per heavy atom. The van der Waals surface area contributed by atoms with Crippen LogP contribution in [0.2, 0.25) is 0 Å². The van der Waals surface area contributed by atoms with Crippen LogP contribution in [-0.4, -0.2) is 45.8 Å². The van der Waals surface area contributed by atoms with Crippen molar-refractivity contribution in [2.45, 2.75) is 25.8 Å². The Labute approximate surface area is 187 Å². The molecule has 32 heavy (non-hydrogen) atoms. The molecule has 1 fully saturated rings. The number of H-pyrrole nitrogens is 2. The van der Waals surface area contributed by atoms with Gasteiger partial charge >= 0.3 is 0 Å². The van der Waals surface area contributed by atoms with Gasteiger partial charge < -0.3 is 25.7 Å². The van der Waals surface area contributed by atoms with Gasteiger partial charge in [-0.1, -0.05) is 18.7 Å². The van der Waals surface area contributed by atoms with E-state index in [1.165, 1.54) is 0 Å². The number of hydrogen-bond donors (Lipinski definition) is 4. The van der Waals surface area contributed by atoms with Gasteiger partial charge in [-0.3, -0.25) is 4.79 Å². The maximum absolute atomic E-state index is 12.6. The number of allylic oxidation sites excluding steroid dienone is 3. The van der Waals surface area contributed by atoms with E-state index in [-0.39, 0.29) is 18.2 Å².